The number of aryl methyl sites for hydroxylation is 1. The number of hydrazone groups is 1. The quantitative estimate of drug-likeness (QED) is 0.0811. The van der Waals surface area contributed by atoms with Gasteiger partial charge in [0, 0.05) is 46.8 Å². The minimum absolute atomic E-state index is 0.285. The lowest BCUT2D eigenvalue weighted by Crippen LogP contribution is -2.19. The minimum Gasteiger partial charge on any atom is -0.490 e. The molecule has 0 spiro atoms. The maximum atomic E-state index is 13.4. The van der Waals surface area contributed by atoms with Gasteiger partial charge in [-0.1, -0.05) is 47.5 Å². The van der Waals surface area contributed by atoms with Gasteiger partial charge in [-0.15, -0.1) is 0 Å². The molecule has 4 aromatic carbocycles. The van der Waals surface area contributed by atoms with Crippen LogP contribution in [-0.2, 0) is 0 Å². The molecular weight excluding hydrogens is 564 g/mol. The van der Waals surface area contributed by atoms with Crippen LogP contribution in [0.3, 0.4) is 0 Å². The number of carbonyl (C=O) groups excluding carboxylic acids is 2. The largest absolute Gasteiger partial charge is 0.490 e. The summed E-state index contributed by atoms with van der Waals surface area (Å²) >= 11 is 6.58. The lowest BCUT2D eigenvalue weighted by molar-refractivity contribution is 0.0728. The molecule has 1 heterocycles. The van der Waals surface area contributed by atoms with Gasteiger partial charge in [0.05, 0.1) is 18.4 Å². The summed E-state index contributed by atoms with van der Waals surface area (Å²) in [6.07, 6.45) is 1.49. The summed E-state index contributed by atoms with van der Waals surface area (Å²) in [6.45, 7) is 4.15. The number of benzene rings is 4. The molecule has 2 N–H and O–H groups in total. The Bertz CT molecular complexity index is 1830. The number of hydrogen-bond donors (Lipinski definition) is 2. The topological polar surface area (TPSA) is 96.0 Å². The van der Waals surface area contributed by atoms with E-state index in [1.165, 1.54) is 6.21 Å². The summed E-state index contributed by atoms with van der Waals surface area (Å²) in [5.41, 5.74) is 8.29. The Morgan fingerprint density at radius 3 is 2.47 bits per heavy atom. The summed E-state index contributed by atoms with van der Waals surface area (Å²) in [5.74, 6) is -0.248. The van der Waals surface area contributed by atoms with Crippen molar-refractivity contribution in [3.63, 3.8) is 0 Å². The third-order valence-corrected chi connectivity index (χ3v) is 7.14. The lowest BCUT2D eigenvalue weighted by Gasteiger charge is -2.13. The van der Waals surface area contributed by atoms with Gasteiger partial charge < -0.3 is 19.4 Å². The summed E-state index contributed by atoms with van der Waals surface area (Å²) in [5, 5.41) is 5.59. The maximum Gasteiger partial charge on any atom is 0.343 e. The van der Waals surface area contributed by atoms with E-state index >= 15 is 0 Å². The van der Waals surface area contributed by atoms with E-state index in [0.717, 1.165) is 27.7 Å². The molecule has 0 unspecified atom stereocenters. The van der Waals surface area contributed by atoms with Crippen LogP contribution in [0.25, 0.3) is 22.0 Å². The molecule has 8 nitrogen and oxygen atoms in total. The van der Waals surface area contributed by atoms with Crippen molar-refractivity contribution in [2.45, 2.75) is 13.8 Å². The molecule has 9 heteroatoms. The summed E-state index contributed by atoms with van der Waals surface area (Å²) in [6, 6.07) is 25.5. The molecule has 0 radical (unpaired) electrons. The van der Waals surface area contributed by atoms with Crippen LogP contribution < -0.4 is 19.8 Å². The van der Waals surface area contributed by atoms with E-state index in [9.17, 15) is 9.59 Å². The molecule has 0 saturated heterocycles. The highest BCUT2D eigenvalue weighted by Crippen LogP contribution is 2.38. The van der Waals surface area contributed by atoms with Crippen LogP contribution >= 0.6 is 11.6 Å². The predicted molar refractivity (Wildman–Crippen MR) is 172 cm³/mol. The average Bonchev–Trinajstić information content (AvgIpc) is 3.38. The SMILES string of the molecule is CCOc1cc(C=NNC(=O)c2[nH]c3ccc(N(C)C)cc3c2-c2ccccc2Cl)ccc1OC(=O)c1ccc(C)cc1. The van der Waals surface area contributed by atoms with Crippen molar-refractivity contribution >= 4 is 46.3 Å². The molecule has 0 atom stereocenters. The Morgan fingerprint density at radius 2 is 1.74 bits per heavy atom. The second-order valence-electron chi connectivity index (χ2n) is 10.1. The molecule has 1 amide bonds. The highest BCUT2D eigenvalue weighted by molar-refractivity contribution is 6.34. The van der Waals surface area contributed by atoms with Crippen LogP contribution in [0.2, 0.25) is 5.02 Å². The van der Waals surface area contributed by atoms with E-state index in [0.29, 0.717) is 39.8 Å². The molecular formula is C34H31ClN4O4. The number of nitrogens with one attached hydrogen (secondary N) is 2. The Balaban J connectivity index is 1.39. The molecule has 43 heavy (non-hydrogen) atoms. The summed E-state index contributed by atoms with van der Waals surface area (Å²) < 4.78 is 11.3. The number of rotatable bonds is 9. The van der Waals surface area contributed by atoms with Crippen LogP contribution in [0.4, 0.5) is 5.69 Å². The summed E-state index contributed by atoms with van der Waals surface area (Å²) in [4.78, 5) is 31.3. The number of nitrogens with zero attached hydrogens (tertiary/aromatic N) is 2. The van der Waals surface area contributed by atoms with Gasteiger partial charge >= 0.3 is 5.97 Å². The third kappa shape index (κ3) is 6.55. The highest BCUT2D eigenvalue weighted by atomic mass is 35.5. The van der Waals surface area contributed by atoms with E-state index in [1.807, 2.05) is 81.4 Å². The second kappa shape index (κ2) is 12.8. The van der Waals surface area contributed by atoms with Crippen molar-refractivity contribution in [3.8, 4) is 22.6 Å². The number of aromatic amines is 1. The molecule has 1 aromatic heterocycles. The zero-order valence-electron chi connectivity index (χ0n) is 24.3. The smallest absolute Gasteiger partial charge is 0.343 e. The first-order chi connectivity index (χ1) is 20.7. The monoisotopic (exact) mass is 594 g/mol. The fraction of sp³-hybridized carbons (Fsp3) is 0.147. The van der Waals surface area contributed by atoms with Gasteiger partial charge in [-0.2, -0.15) is 5.10 Å². The van der Waals surface area contributed by atoms with Crippen LogP contribution in [0.1, 0.15) is 38.9 Å². The first-order valence-corrected chi connectivity index (χ1v) is 14.1. The number of halogens is 1. The molecule has 5 rings (SSSR count). The Kier molecular flexibility index (Phi) is 8.78. The van der Waals surface area contributed by atoms with Crippen molar-refractivity contribution in [2.24, 2.45) is 5.10 Å². The normalized spacial score (nSPS) is 11.1. The van der Waals surface area contributed by atoms with Gasteiger partial charge in [0.15, 0.2) is 11.5 Å². The third-order valence-electron chi connectivity index (χ3n) is 6.81. The fourth-order valence-electron chi connectivity index (χ4n) is 4.60. The molecule has 218 valence electrons. The Hall–Kier alpha value is -5.08. The van der Waals surface area contributed by atoms with Crippen LogP contribution in [-0.4, -0.2) is 43.8 Å². The molecule has 0 aliphatic heterocycles. The van der Waals surface area contributed by atoms with Crippen LogP contribution in [0, 0.1) is 6.92 Å². The average molecular weight is 595 g/mol. The van der Waals surface area contributed by atoms with E-state index in [2.05, 4.69) is 15.5 Å². The number of ether oxygens (including phenoxy) is 2. The van der Waals surface area contributed by atoms with Gasteiger partial charge in [-0.3, -0.25) is 4.79 Å². The molecule has 0 saturated carbocycles. The first kappa shape index (κ1) is 29.4. The minimum atomic E-state index is -0.486. The van der Waals surface area contributed by atoms with Gasteiger partial charge in [0.1, 0.15) is 5.69 Å². The predicted octanol–water partition coefficient (Wildman–Crippen LogP) is 7.24. The van der Waals surface area contributed by atoms with Gasteiger partial charge in [-0.05, 0) is 74.0 Å². The Morgan fingerprint density at radius 1 is 0.977 bits per heavy atom. The fourth-order valence-corrected chi connectivity index (χ4v) is 4.83. The van der Waals surface area contributed by atoms with E-state index in [4.69, 9.17) is 21.1 Å². The van der Waals surface area contributed by atoms with Crippen molar-refractivity contribution in [3.05, 3.63) is 112 Å². The van der Waals surface area contributed by atoms with Crippen molar-refractivity contribution < 1.29 is 19.1 Å². The number of hydrogen-bond acceptors (Lipinski definition) is 6. The maximum absolute atomic E-state index is 13.4. The number of aromatic nitrogens is 1. The number of H-pyrrole nitrogens is 1. The van der Waals surface area contributed by atoms with Crippen molar-refractivity contribution in [2.75, 3.05) is 25.6 Å². The van der Waals surface area contributed by atoms with Gasteiger partial charge in [0.2, 0.25) is 0 Å². The second-order valence-corrected chi connectivity index (χ2v) is 10.5. The first-order valence-electron chi connectivity index (χ1n) is 13.7. The van der Waals surface area contributed by atoms with Gasteiger partial charge in [-0.25, -0.2) is 10.2 Å². The van der Waals surface area contributed by atoms with E-state index < -0.39 is 11.9 Å². The molecule has 0 aliphatic rings. The number of fused-ring (bicyclic) bond motifs is 1. The number of carbonyl (C=O) groups is 2. The lowest BCUT2D eigenvalue weighted by atomic mass is 10.0. The number of amides is 1. The summed E-state index contributed by atoms with van der Waals surface area (Å²) in [7, 11) is 3.92. The molecule has 0 fully saturated rings. The highest BCUT2D eigenvalue weighted by Gasteiger charge is 2.21. The van der Waals surface area contributed by atoms with Crippen LogP contribution in [0.5, 0.6) is 11.5 Å². The van der Waals surface area contributed by atoms with Gasteiger partial charge in [0.25, 0.3) is 5.91 Å². The zero-order chi connectivity index (χ0) is 30.5. The zero-order valence-corrected chi connectivity index (χ0v) is 25.0. The van der Waals surface area contributed by atoms with E-state index in [-0.39, 0.29) is 5.75 Å². The Labute approximate surface area is 254 Å². The van der Waals surface area contributed by atoms with Crippen LogP contribution in [0.15, 0.2) is 90.0 Å². The number of anilines is 1. The number of esters is 1. The van der Waals surface area contributed by atoms with E-state index in [1.54, 1.807) is 36.4 Å². The molecule has 0 aliphatic carbocycles. The van der Waals surface area contributed by atoms with Crippen molar-refractivity contribution in [1.29, 1.82) is 0 Å². The molecule has 5 aromatic rings. The van der Waals surface area contributed by atoms with Crippen molar-refractivity contribution in [1.82, 2.24) is 10.4 Å². The molecule has 0 bridgehead atoms. The standard InChI is InChI=1S/C34H31ClN4O4/c1-5-42-30-18-22(12-17-29(30)43-34(41)23-13-10-21(2)11-14-23)20-36-38-33(40)32-31(25-8-6-7-9-27(25)35)26-19-24(39(3)4)15-16-28(26)37-32/h6-20,37H,5H2,1-4H3,(H,38,40).